The third kappa shape index (κ3) is 2.67. The van der Waals surface area contributed by atoms with Gasteiger partial charge in [0.25, 0.3) is 0 Å². The van der Waals surface area contributed by atoms with Crippen LogP contribution < -0.4 is 10.6 Å². The number of rotatable bonds is 4. The number of fused-ring (bicyclic) bond motifs is 1. The molecule has 4 aliphatic heterocycles. The van der Waals surface area contributed by atoms with E-state index < -0.39 is 6.67 Å². The molecule has 0 radical (unpaired) electrons. The number of benzene rings is 1. The van der Waals surface area contributed by atoms with Gasteiger partial charge in [0, 0.05) is 63.2 Å². The summed E-state index contributed by atoms with van der Waals surface area (Å²) < 4.78 is 12.4. The number of hydrogen-bond donors (Lipinski definition) is 2. The van der Waals surface area contributed by atoms with E-state index in [4.69, 9.17) is 0 Å². The number of carbonyl (C=O) groups excluding carboxylic acids is 1. The van der Waals surface area contributed by atoms with Gasteiger partial charge < -0.3 is 20.4 Å². The molecule has 0 aliphatic carbocycles. The molecule has 4 aliphatic rings. The van der Waals surface area contributed by atoms with E-state index in [0.29, 0.717) is 5.92 Å². The number of alkyl halides is 1. The normalized spacial score (nSPS) is 37.0. The zero-order valence-electron chi connectivity index (χ0n) is 13.9. The molecule has 0 spiro atoms. The Balaban J connectivity index is 1.67. The van der Waals surface area contributed by atoms with E-state index in [2.05, 4.69) is 44.7 Å². The van der Waals surface area contributed by atoms with Gasteiger partial charge in [0.05, 0.1) is 0 Å². The second-order valence-corrected chi connectivity index (χ2v) is 7.32. The number of carbonyl (C=O) groups is 1. The molecule has 4 fully saturated rings. The van der Waals surface area contributed by atoms with Crippen molar-refractivity contribution >= 4 is 6.03 Å². The number of piperidine rings is 2. The van der Waals surface area contributed by atoms with Gasteiger partial charge in [0.15, 0.2) is 0 Å². The quantitative estimate of drug-likeness (QED) is 0.858. The van der Waals surface area contributed by atoms with E-state index in [0.717, 1.165) is 39.3 Å². The van der Waals surface area contributed by atoms with Crippen LogP contribution in [0.1, 0.15) is 5.56 Å². The Hall–Kier alpha value is -1.66. The van der Waals surface area contributed by atoms with Crippen molar-refractivity contribution in [3.05, 3.63) is 35.9 Å². The summed E-state index contributed by atoms with van der Waals surface area (Å²) in [4.78, 5) is 17.3. The second kappa shape index (κ2) is 6.33. The Morgan fingerprint density at radius 1 is 1.17 bits per heavy atom. The molecule has 4 heterocycles. The lowest BCUT2D eigenvalue weighted by molar-refractivity contribution is 0.0230. The maximum absolute atomic E-state index is 12.4. The molecule has 1 aromatic rings. The highest BCUT2D eigenvalue weighted by atomic mass is 19.1. The van der Waals surface area contributed by atoms with Crippen LogP contribution >= 0.6 is 0 Å². The van der Waals surface area contributed by atoms with Gasteiger partial charge in [-0.1, -0.05) is 30.3 Å². The van der Waals surface area contributed by atoms with Crippen LogP contribution in [0.5, 0.6) is 0 Å². The molecule has 5 rings (SSSR count). The van der Waals surface area contributed by atoms with Gasteiger partial charge in [-0.3, -0.25) is 0 Å². The minimum Gasteiger partial charge on any atom is -0.336 e. The van der Waals surface area contributed by atoms with Crippen molar-refractivity contribution in [2.24, 2.45) is 5.92 Å². The van der Waals surface area contributed by atoms with Crippen molar-refractivity contribution in [2.45, 2.75) is 11.5 Å². The zero-order chi connectivity index (χ0) is 16.6. The summed E-state index contributed by atoms with van der Waals surface area (Å²) in [5.74, 6) is 0.409. The predicted octanol–water partition coefficient (Wildman–Crippen LogP) is 0.823. The highest BCUT2D eigenvalue weighted by Gasteiger charge is 2.55. The van der Waals surface area contributed by atoms with Gasteiger partial charge >= 0.3 is 6.03 Å². The van der Waals surface area contributed by atoms with Crippen molar-refractivity contribution in [1.29, 1.82) is 0 Å². The highest BCUT2D eigenvalue weighted by Crippen LogP contribution is 2.43. The number of hydrogen-bond acceptors (Lipinski definition) is 3. The van der Waals surface area contributed by atoms with E-state index >= 15 is 0 Å². The molecule has 3 atom stereocenters. The average molecular weight is 332 g/mol. The van der Waals surface area contributed by atoms with Crippen LogP contribution in [-0.4, -0.2) is 74.4 Å². The number of urea groups is 1. The molecule has 24 heavy (non-hydrogen) atoms. The van der Waals surface area contributed by atoms with Crippen LogP contribution in [0.3, 0.4) is 0 Å². The summed E-state index contributed by atoms with van der Waals surface area (Å²) in [5, 5.41) is 5.82. The minimum atomic E-state index is -0.535. The summed E-state index contributed by atoms with van der Waals surface area (Å²) in [7, 11) is 0. The Bertz CT molecular complexity index is 580. The van der Waals surface area contributed by atoms with Crippen LogP contribution in [0.15, 0.2) is 30.3 Å². The Morgan fingerprint density at radius 2 is 1.83 bits per heavy atom. The van der Waals surface area contributed by atoms with E-state index in [-0.39, 0.29) is 24.0 Å². The third-order valence-corrected chi connectivity index (χ3v) is 5.81. The predicted molar refractivity (Wildman–Crippen MR) is 90.8 cm³/mol. The first-order valence-electron chi connectivity index (χ1n) is 8.82. The average Bonchev–Trinajstić information content (AvgIpc) is 2.85. The van der Waals surface area contributed by atoms with Gasteiger partial charge in [-0.05, 0) is 5.56 Å². The summed E-state index contributed by atoms with van der Waals surface area (Å²) in [6.45, 7) is 5.73. The molecule has 0 saturated carbocycles. The van der Waals surface area contributed by atoms with Gasteiger partial charge in [-0.15, -0.1) is 0 Å². The van der Waals surface area contributed by atoms with E-state index in [1.54, 1.807) is 0 Å². The van der Waals surface area contributed by atoms with Crippen LogP contribution in [-0.2, 0) is 5.41 Å². The van der Waals surface area contributed by atoms with E-state index in [9.17, 15) is 9.18 Å². The van der Waals surface area contributed by atoms with Crippen LogP contribution in [0.25, 0.3) is 0 Å². The summed E-state index contributed by atoms with van der Waals surface area (Å²) >= 11 is 0. The topological polar surface area (TPSA) is 47.6 Å². The number of halogens is 1. The van der Waals surface area contributed by atoms with Gasteiger partial charge in [-0.25, -0.2) is 9.18 Å². The number of amides is 2. The molecule has 2 amide bonds. The SMILES string of the molecule is O=C(NCCF)NC1C2CN3CCN(C2)CC1(c1ccccc1)C3. The van der Waals surface area contributed by atoms with Crippen molar-refractivity contribution in [3.63, 3.8) is 0 Å². The van der Waals surface area contributed by atoms with Crippen LogP contribution in [0.4, 0.5) is 9.18 Å². The number of nitrogens with one attached hydrogen (secondary N) is 2. The standard InChI is InChI=1S/C18H25FN4O/c19-6-7-20-17(24)21-16-14-10-22-8-9-23(11-14)13-18(16,12-22)15-4-2-1-3-5-15/h1-5,14,16H,6-13H2,(H2,20,21,24). The maximum atomic E-state index is 12.4. The molecule has 4 bridgehead atoms. The Kier molecular flexibility index (Phi) is 4.18. The molecule has 5 nitrogen and oxygen atoms in total. The molecule has 130 valence electrons. The van der Waals surface area contributed by atoms with E-state index in [1.807, 2.05) is 6.07 Å². The van der Waals surface area contributed by atoms with Crippen molar-refractivity contribution in [3.8, 4) is 0 Å². The fourth-order valence-electron chi connectivity index (χ4n) is 4.92. The summed E-state index contributed by atoms with van der Waals surface area (Å²) in [6.07, 6.45) is 0. The molecular formula is C18H25FN4O. The lowest BCUT2D eigenvalue weighted by Gasteiger charge is -2.55. The fourth-order valence-corrected chi connectivity index (χ4v) is 4.92. The zero-order valence-corrected chi connectivity index (χ0v) is 13.9. The highest BCUT2D eigenvalue weighted by molar-refractivity contribution is 5.74. The van der Waals surface area contributed by atoms with E-state index in [1.165, 1.54) is 5.56 Å². The van der Waals surface area contributed by atoms with Gasteiger partial charge in [0.2, 0.25) is 0 Å². The molecule has 0 aromatic heterocycles. The molecule has 2 N–H and O–H groups in total. The first-order chi connectivity index (χ1) is 11.7. The van der Waals surface area contributed by atoms with Gasteiger partial charge in [-0.2, -0.15) is 0 Å². The molecule has 3 unspecified atom stereocenters. The largest absolute Gasteiger partial charge is 0.336 e. The maximum Gasteiger partial charge on any atom is 0.315 e. The third-order valence-electron chi connectivity index (χ3n) is 5.81. The first kappa shape index (κ1) is 15.8. The monoisotopic (exact) mass is 332 g/mol. The summed E-state index contributed by atoms with van der Waals surface area (Å²) in [6, 6.07) is 10.4. The lowest BCUT2D eigenvalue weighted by Crippen LogP contribution is -2.71. The van der Waals surface area contributed by atoms with Gasteiger partial charge in [0.1, 0.15) is 6.67 Å². The number of nitrogens with zero attached hydrogens (tertiary/aromatic N) is 2. The van der Waals surface area contributed by atoms with Crippen LogP contribution in [0, 0.1) is 5.92 Å². The van der Waals surface area contributed by atoms with Crippen molar-refractivity contribution < 1.29 is 9.18 Å². The molecule has 1 aromatic carbocycles. The first-order valence-corrected chi connectivity index (χ1v) is 8.82. The van der Waals surface area contributed by atoms with Crippen molar-refractivity contribution in [1.82, 2.24) is 20.4 Å². The minimum absolute atomic E-state index is 0.0693. The lowest BCUT2D eigenvalue weighted by atomic mass is 9.64. The Morgan fingerprint density at radius 3 is 2.46 bits per heavy atom. The smallest absolute Gasteiger partial charge is 0.315 e. The van der Waals surface area contributed by atoms with Crippen LogP contribution in [0.2, 0.25) is 0 Å². The summed E-state index contributed by atoms with van der Waals surface area (Å²) in [5.41, 5.74) is 1.20. The molecular weight excluding hydrogens is 307 g/mol. The molecule has 6 heteroatoms. The Labute approximate surface area is 142 Å². The molecule has 4 saturated heterocycles. The fraction of sp³-hybridized carbons (Fsp3) is 0.611. The van der Waals surface area contributed by atoms with Crippen molar-refractivity contribution in [2.75, 3.05) is 52.5 Å². The second-order valence-electron chi connectivity index (χ2n) is 7.32.